The molecule has 0 N–H and O–H groups in total. The first kappa shape index (κ1) is 15.1. The molecule has 4 rings (SSSR count). The van der Waals surface area contributed by atoms with E-state index in [0.717, 1.165) is 51.6 Å². The third-order valence-electron chi connectivity index (χ3n) is 4.92. The second kappa shape index (κ2) is 5.90. The predicted molar refractivity (Wildman–Crippen MR) is 99.8 cm³/mol. The van der Waals surface area contributed by atoms with Crippen molar-refractivity contribution in [1.82, 2.24) is 4.98 Å². The van der Waals surface area contributed by atoms with Gasteiger partial charge in [0.25, 0.3) is 5.91 Å². The minimum Gasteiger partial charge on any atom is -0.308 e. The Balaban J connectivity index is 1.85. The number of amides is 1. The smallest absolute Gasteiger partial charge is 0.259 e. The maximum Gasteiger partial charge on any atom is 0.259 e. The number of aryl methyl sites for hydroxylation is 1. The van der Waals surface area contributed by atoms with Crippen molar-refractivity contribution in [2.24, 2.45) is 0 Å². The Hall–Kier alpha value is -2.42. The van der Waals surface area contributed by atoms with Crippen molar-refractivity contribution in [3.8, 4) is 0 Å². The fraction of sp³-hybridized carbons (Fsp3) is 0.333. The van der Waals surface area contributed by atoms with Crippen LogP contribution in [0.1, 0.15) is 48.5 Å². The normalized spacial score (nSPS) is 13.4. The lowest BCUT2D eigenvalue weighted by molar-refractivity contribution is 0.0994. The molecule has 1 amide bonds. The van der Waals surface area contributed by atoms with E-state index >= 15 is 0 Å². The van der Waals surface area contributed by atoms with E-state index in [1.54, 1.807) is 0 Å². The molecule has 0 atom stereocenters. The topological polar surface area (TPSA) is 33.2 Å². The zero-order valence-corrected chi connectivity index (χ0v) is 14.3. The van der Waals surface area contributed by atoms with Crippen molar-refractivity contribution in [2.45, 2.75) is 39.5 Å². The molecule has 0 fully saturated rings. The van der Waals surface area contributed by atoms with Gasteiger partial charge >= 0.3 is 0 Å². The SMILES string of the molecule is CCCCCCN1C(=O)c2c3cc(C)ccc3nc3cccc1c23. The number of benzene rings is 2. The largest absolute Gasteiger partial charge is 0.308 e. The van der Waals surface area contributed by atoms with E-state index < -0.39 is 0 Å². The van der Waals surface area contributed by atoms with Crippen LogP contribution in [-0.2, 0) is 0 Å². The summed E-state index contributed by atoms with van der Waals surface area (Å²) in [4.78, 5) is 19.9. The molecule has 0 spiro atoms. The summed E-state index contributed by atoms with van der Waals surface area (Å²) in [5.74, 6) is 0.135. The molecule has 1 aromatic heterocycles. The second-order valence-corrected chi connectivity index (χ2v) is 6.70. The molecule has 122 valence electrons. The molecule has 3 nitrogen and oxygen atoms in total. The molecule has 0 aliphatic carbocycles. The van der Waals surface area contributed by atoms with Crippen molar-refractivity contribution in [3.63, 3.8) is 0 Å². The third-order valence-corrected chi connectivity index (χ3v) is 4.92. The van der Waals surface area contributed by atoms with Gasteiger partial charge in [0.15, 0.2) is 0 Å². The van der Waals surface area contributed by atoms with E-state index in [9.17, 15) is 4.79 Å². The van der Waals surface area contributed by atoms with Gasteiger partial charge in [-0.3, -0.25) is 4.79 Å². The highest BCUT2D eigenvalue weighted by Crippen LogP contribution is 2.40. The number of pyridine rings is 1. The standard InChI is InChI=1S/C21H22N2O/c1-3-4-5-6-12-23-18-9-7-8-17-20(18)19(21(23)24)15-13-14(2)10-11-16(15)22-17/h7-11,13H,3-6,12H2,1-2H3. The Morgan fingerprint density at radius 2 is 1.92 bits per heavy atom. The fourth-order valence-electron chi connectivity index (χ4n) is 3.70. The Morgan fingerprint density at radius 3 is 2.75 bits per heavy atom. The van der Waals surface area contributed by atoms with Gasteiger partial charge in [0.2, 0.25) is 0 Å². The molecule has 24 heavy (non-hydrogen) atoms. The summed E-state index contributed by atoms with van der Waals surface area (Å²) in [5.41, 5.74) is 4.85. The molecule has 0 bridgehead atoms. The number of nitrogens with zero attached hydrogens (tertiary/aromatic N) is 2. The molecule has 0 saturated carbocycles. The highest BCUT2D eigenvalue weighted by atomic mass is 16.2. The van der Waals surface area contributed by atoms with Gasteiger partial charge in [0.05, 0.1) is 22.3 Å². The molecule has 1 aliphatic rings. The van der Waals surface area contributed by atoms with Crippen LogP contribution in [0.3, 0.4) is 0 Å². The van der Waals surface area contributed by atoms with E-state index in [1.165, 1.54) is 19.3 Å². The van der Waals surface area contributed by atoms with Gasteiger partial charge in [-0.1, -0.05) is 43.9 Å². The molecular weight excluding hydrogens is 296 g/mol. The summed E-state index contributed by atoms with van der Waals surface area (Å²) < 4.78 is 0. The average molecular weight is 318 g/mol. The van der Waals surface area contributed by atoms with Crippen molar-refractivity contribution < 1.29 is 4.79 Å². The molecule has 1 aliphatic heterocycles. The molecule has 0 radical (unpaired) electrons. The summed E-state index contributed by atoms with van der Waals surface area (Å²) in [7, 11) is 0. The number of unbranched alkanes of at least 4 members (excludes halogenated alkanes) is 3. The number of carbonyl (C=O) groups is 1. The average Bonchev–Trinajstić information content (AvgIpc) is 2.87. The van der Waals surface area contributed by atoms with Gasteiger partial charge < -0.3 is 4.90 Å². The highest BCUT2D eigenvalue weighted by Gasteiger charge is 2.31. The first-order valence-electron chi connectivity index (χ1n) is 8.85. The summed E-state index contributed by atoms with van der Waals surface area (Å²) in [5, 5.41) is 2.01. The molecule has 2 heterocycles. The number of carbonyl (C=O) groups excluding carboxylic acids is 1. The first-order chi connectivity index (χ1) is 11.7. The monoisotopic (exact) mass is 318 g/mol. The van der Waals surface area contributed by atoms with E-state index in [-0.39, 0.29) is 5.91 Å². The van der Waals surface area contributed by atoms with Crippen molar-refractivity contribution in [1.29, 1.82) is 0 Å². The minimum atomic E-state index is 0.135. The van der Waals surface area contributed by atoms with E-state index in [4.69, 9.17) is 4.98 Å². The molecule has 0 unspecified atom stereocenters. The summed E-state index contributed by atoms with van der Waals surface area (Å²) in [6.45, 7) is 5.06. The van der Waals surface area contributed by atoms with Gasteiger partial charge in [-0.15, -0.1) is 0 Å². The van der Waals surface area contributed by atoms with Gasteiger partial charge in [0.1, 0.15) is 0 Å². The number of hydrogen-bond donors (Lipinski definition) is 0. The molecule has 0 saturated heterocycles. The van der Waals surface area contributed by atoms with Crippen LogP contribution in [-0.4, -0.2) is 17.4 Å². The van der Waals surface area contributed by atoms with E-state index in [0.29, 0.717) is 0 Å². The second-order valence-electron chi connectivity index (χ2n) is 6.70. The summed E-state index contributed by atoms with van der Waals surface area (Å²) in [6.07, 6.45) is 4.65. The van der Waals surface area contributed by atoms with Crippen LogP contribution >= 0.6 is 0 Å². The lowest BCUT2D eigenvalue weighted by Crippen LogP contribution is -2.27. The van der Waals surface area contributed by atoms with Crippen LogP contribution in [0.2, 0.25) is 0 Å². The van der Waals surface area contributed by atoms with Crippen LogP contribution in [0.15, 0.2) is 36.4 Å². The molecule has 2 aromatic carbocycles. The van der Waals surface area contributed by atoms with Gasteiger partial charge in [-0.2, -0.15) is 0 Å². The number of aromatic nitrogens is 1. The lowest BCUT2D eigenvalue weighted by Gasteiger charge is -2.17. The first-order valence-corrected chi connectivity index (χ1v) is 8.85. The molecular formula is C21H22N2O. The maximum atomic E-state index is 13.2. The van der Waals surface area contributed by atoms with Crippen LogP contribution in [0.25, 0.3) is 21.8 Å². The maximum absolute atomic E-state index is 13.2. The zero-order chi connectivity index (χ0) is 16.7. The van der Waals surface area contributed by atoms with Gasteiger partial charge in [-0.25, -0.2) is 4.98 Å². The van der Waals surface area contributed by atoms with E-state index in [1.807, 2.05) is 23.1 Å². The van der Waals surface area contributed by atoms with Crippen LogP contribution in [0.4, 0.5) is 5.69 Å². The molecule has 3 aromatic rings. The minimum absolute atomic E-state index is 0.135. The van der Waals surface area contributed by atoms with E-state index in [2.05, 4.69) is 32.0 Å². The number of rotatable bonds is 5. The quantitative estimate of drug-likeness (QED) is 0.476. The van der Waals surface area contributed by atoms with Crippen molar-refractivity contribution in [3.05, 3.63) is 47.5 Å². The number of fused-ring (bicyclic) bond motifs is 2. The Labute approximate surface area is 142 Å². The molecule has 3 heteroatoms. The highest BCUT2D eigenvalue weighted by molar-refractivity contribution is 6.30. The van der Waals surface area contributed by atoms with Crippen LogP contribution in [0.5, 0.6) is 0 Å². The lowest BCUT2D eigenvalue weighted by atomic mass is 10.0. The zero-order valence-electron chi connectivity index (χ0n) is 14.3. The third kappa shape index (κ3) is 2.27. The van der Waals surface area contributed by atoms with Gasteiger partial charge in [-0.05, 0) is 37.6 Å². The Morgan fingerprint density at radius 1 is 1.04 bits per heavy atom. The number of anilines is 1. The fourth-order valence-corrected chi connectivity index (χ4v) is 3.70. The Bertz CT molecular complexity index is 945. The van der Waals surface area contributed by atoms with Crippen LogP contribution in [0, 0.1) is 6.92 Å². The number of hydrogen-bond acceptors (Lipinski definition) is 2. The van der Waals surface area contributed by atoms with Crippen molar-refractivity contribution in [2.75, 3.05) is 11.4 Å². The van der Waals surface area contributed by atoms with Crippen LogP contribution < -0.4 is 4.90 Å². The van der Waals surface area contributed by atoms with Gasteiger partial charge in [0, 0.05) is 17.3 Å². The summed E-state index contributed by atoms with van der Waals surface area (Å²) in [6, 6.07) is 12.2. The Kier molecular flexibility index (Phi) is 3.72. The van der Waals surface area contributed by atoms with Crippen molar-refractivity contribution >= 4 is 33.4 Å². The predicted octanol–water partition coefficient (Wildman–Crippen LogP) is 5.24. The summed E-state index contributed by atoms with van der Waals surface area (Å²) >= 11 is 0.